The first-order valence-corrected chi connectivity index (χ1v) is 11.8. The number of methoxy groups -OCH3 is 1. The summed E-state index contributed by atoms with van der Waals surface area (Å²) in [5.41, 5.74) is 1.66. The fourth-order valence-corrected chi connectivity index (χ4v) is 4.27. The quantitative estimate of drug-likeness (QED) is 0.265. The predicted molar refractivity (Wildman–Crippen MR) is 138 cm³/mol. The van der Waals surface area contributed by atoms with E-state index in [2.05, 4.69) is 0 Å². The number of Topliss-reactive ketones (excluding diaryl/α,β-unsaturated/α-hetero) is 1. The van der Waals surface area contributed by atoms with Gasteiger partial charge in [0.15, 0.2) is 11.5 Å². The predicted octanol–water partition coefficient (Wildman–Crippen LogP) is 4.99. The first-order valence-electron chi connectivity index (χ1n) is 11.8. The molecule has 8 heteroatoms. The van der Waals surface area contributed by atoms with Crippen LogP contribution < -0.4 is 19.1 Å². The Labute approximate surface area is 214 Å². The minimum absolute atomic E-state index is 0.0638. The van der Waals surface area contributed by atoms with Crippen molar-refractivity contribution < 1.29 is 28.9 Å². The molecule has 1 saturated heterocycles. The normalized spacial score (nSPS) is 16.4. The number of amides is 1. The molecule has 3 aromatic rings. The van der Waals surface area contributed by atoms with Gasteiger partial charge in [0.2, 0.25) is 0 Å². The lowest BCUT2D eigenvalue weighted by atomic mass is 9.94. The number of rotatable bonds is 8. The zero-order valence-electron chi connectivity index (χ0n) is 20.7. The van der Waals surface area contributed by atoms with Crippen LogP contribution in [0.1, 0.15) is 36.6 Å². The first-order chi connectivity index (χ1) is 17.9. The third-order valence-corrected chi connectivity index (χ3v) is 5.96. The Morgan fingerprint density at radius 3 is 2.22 bits per heavy atom. The number of carbonyl (C=O) groups excluding carboxylic acids is 2. The molecule has 37 heavy (non-hydrogen) atoms. The highest BCUT2D eigenvalue weighted by molar-refractivity contribution is 6.51. The number of nitrogens with zero attached hydrogens (tertiary/aromatic N) is 2. The van der Waals surface area contributed by atoms with Gasteiger partial charge in [-0.15, -0.1) is 0 Å². The number of benzene rings is 3. The molecule has 1 amide bonds. The van der Waals surface area contributed by atoms with Gasteiger partial charge in [-0.3, -0.25) is 14.5 Å². The summed E-state index contributed by atoms with van der Waals surface area (Å²) in [6.07, 6.45) is 0. The van der Waals surface area contributed by atoms with E-state index >= 15 is 0 Å². The van der Waals surface area contributed by atoms with Crippen LogP contribution in [0.2, 0.25) is 0 Å². The van der Waals surface area contributed by atoms with Crippen molar-refractivity contribution in [1.29, 1.82) is 5.26 Å². The number of carbonyl (C=O) groups is 2. The van der Waals surface area contributed by atoms with Gasteiger partial charge in [-0.2, -0.15) is 5.26 Å². The van der Waals surface area contributed by atoms with Gasteiger partial charge in [-0.1, -0.05) is 6.07 Å². The third kappa shape index (κ3) is 4.84. The van der Waals surface area contributed by atoms with Crippen LogP contribution in [0.4, 0.5) is 5.69 Å². The van der Waals surface area contributed by atoms with Crippen LogP contribution in [0.5, 0.6) is 17.2 Å². The van der Waals surface area contributed by atoms with Gasteiger partial charge in [-0.25, -0.2) is 0 Å². The summed E-state index contributed by atoms with van der Waals surface area (Å²) in [4.78, 5) is 28.0. The summed E-state index contributed by atoms with van der Waals surface area (Å²) in [6, 6.07) is 19.2. The fourth-order valence-electron chi connectivity index (χ4n) is 4.27. The number of hydrogen-bond donors (Lipinski definition) is 1. The molecule has 1 aliphatic heterocycles. The fraction of sp³-hybridized carbons (Fsp3) is 0.207. The van der Waals surface area contributed by atoms with E-state index < -0.39 is 17.7 Å². The summed E-state index contributed by atoms with van der Waals surface area (Å²) in [6.45, 7) is 4.56. The highest BCUT2D eigenvalue weighted by Gasteiger charge is 2.47. The molecule has 0 bridgehead atoms. The second kappa shape index (κ2) is 10.9. The highest BCUT2D eigenvalue weighted by Crippen LogP contribution is 2.44. The largest absolute Gasteiger partial charge is 0.507 e. The maximum atomic E-state index is 13.4. The zero-order valence-corrected chi connectivity index (χ0v) is 20.7. The van der Waals surface area contributed by atoms with Crippen LogP contribution in [0, 0.1) is 11.3 Å². The van der Waals surface area contributed by atoms with Crippen LogP contribution in [0.15, 0.2) is 72.3 Å². The van der Waals surface area contributed by atoms with E-state index in [0.717, 1.165) is 0 Å². The Kier molecular flexibility index (Phi) is 7.44. The number of hydrogen-bond acceptors (Lipinski definition) is 7. The number of aliphatic hydroxyl groups excluding tert-OH is 1. The molecule has 188 valence electrons. The van der Waals surface area contributed by atoms with E-state index in [0.29, 0.717) is 52.8 Å². The average molecular weight is 499 g/mol. The van der Waals surface area contributed by atoms with E-state index in [1.54, 1.807) is 66.7 Å². The van der Waals surface area contributed by atoms with Crippen molar-refractivity contribution in [2.24, 2.45) is 0 Å². The van der Waals surface area contributed by atoms with Crippen molar-refractivity contribution in [3.05, 3.63) is 89.0 Å². The van der Waals surface area contributed by atoms with E-state index in [-0.39, 0.29) is 11.3 Å². The maximum absolute atomic E-state index is 13.4. The third-order valence-electron chi connectivity index (χ3n) is 5.96. The Bertz CT molecular complexity index is 1390. The molecule has 0 radical (unpaired) electrons. The molecular formula is C29H26N2O6. The van der Waals surface area contributed by atoms with Gasteiger partial charge in [0.25, 0.3) is 11.7 Å². The van der Waals surface area contributed by atoms with E-state index in [4.69, 9.17) is 14.2 Å². The van der Waals surface area contributed by atoms with Crippen LogP contribution >= 0.6 is 0 Å². The van der Waals surface area contributed by atoms with Crippen molar-refractivity contribution >= 4 is 23.1 Å². The van der Waals surface area contributed by atoms with E-state index in [1.165, 1.54) is 12.0 Å². The molecule has 0 spiro atoms. The molecule has 0 aliphatic carbocycles. The standard InChI is InChI=1S/C29H26N2O6/c1-4-36-22-13-8-19(9-14-22)27(32)25-26(20-10-15-23(35-3)24(16-20)37-5-2)31(29(34)28(25)33)21-11-6-18(17-30)7-12-21/h6-16,26,32H,4-5H2,1-3H3/b27-25-. The molecule has 0 saturated carbocycles. The SMILES string of the molecule is CCOc1ccc(/C(O)=C2/C(=O)C(=O)N(c3ccc(C#N)cc3)C2c2ccc(OC)c(OCC)c2)cc1. The van der Waals surface area contributed by atoms with Crippen molar-refractivity contribution in [1.82, 2.24) is 0 Å². The second-order valence-electron chi connectivity index (χ2n) is 8.13. The number of nitriles is 1. The van der Waals surface area contributed by atoms with E-state index in [1.807, 2.05) is 19.9 Å². The van der Waals surface area contributed by atoms with Gasteiger partial charge >= 0.3 is 0 Å². The van der Waals surface area contributed by atoms with Crippen LogP contribution in [0.3, 0.4) is 0 Å². The monoisotopic (exact) mass is 498 g/mol. The summed E-state index contributed by atoms with van der Waals surface area (Å²) >= 11 is 0. The minimum atomic E-state index is -0.954. The van der Waals surface area contributed by atoms with Crippen LogP contribution in [-0.4, -0.2) is 37.1 Å². The summed E-state index contributed by atoms with van der Waals surface area (Å²) < 4.78 is 16.6. The van der Waals surface area contributed by atoms with Gasteiger partial charge in [-0.05, 0) is 80.1 Å². The Morgan fingerprint density at radius 1 is 0.946 bits per heavy atom. The smallest absolute Gasteiger partial charge is 0.300 e. The molecule has 1 heterocycles. The van der Waals surface area contributed by atoms with Crippen molar-refractivity contribution in [2.45, 2.75) is 19.9 Å². The van der Waals surface area contributed by atoms with Gasteiger partial charge in [0, 0.05) is 11.3 Å². The lowest BCUT2D eigenvalue weighted by molar-refractivity contribution is -0.132. The Morgan fingerprint density at radius 2 is 1.62 bits per heavy atom. The Balaban J connectivity index is 1.91. The number of aliphatic hydroxyl groups is 1. The summed E-state index contributed by atoms with van der Waals surface area (Å²) in [7, 11) is 1.52. The molecule has 0 aromatic heterocycles. The molecule has 1 atom stereocenters. The number of ketones is 1. The lowest BCUT2D eigenvalue weighted by Gasteiger charge is -2.26. The minimum Gasteiger partial charge on any atom is -0.507 e. The van der Waals surface area contributed by atoms with Crippen LogP contribution in [-0.2, 0) is 9.59 Å². The molecule has 3 aromatic carbocycles. The van der Waals surface area contributed by atoms with Gasteiger partial charge in [0.1, 0.15) is 11.5 Å². The molecular weight excluding hydrogens is 472 g/mol. The van der Waals surface area contributed by atoms with Crippen molar-refractivity contribution in [3.8, 4) is 23.3 Å². The Hall–Kier alpha value is -4.77. The van der Waals surface area contributed by atoms with E-state index in [9.17, 15) is 20.0 Å². The van der Waals surface area contributed by atoms with Crippen molar-refractivity contribution in [2.75, 3.05) is 25.2 Å². The molecule has 1 aliphatic rings. The first kappa shape index (κ1) is 25.3. The van der Waals surface area contributed by atoms with Gasteiger partial charge in [0.05, 0.1) is 43.6 Å². The second-order valence-corrected chi connectivity index (χ2v) is 8.13. The lowest BCUT2D eigenvalue weighted by Crippen LogP contribution is -2.29. The number of ether oxygens (including phenoxy) is 3. The molecule has 8 nitrogen and oxygen atoms in total. The topological polar surface area (TPSA) is 109 Å². The van der Waals surface area contributed by atoms with Crippen LogP contribution in [0.25, 0.3) is 5.76 Å². The molecule has 1 fully saturated rings. The van der Waals surface area contributed by atoms with Crippen molar-refractivity contribution in [3.63, 3.8) is 0 Å². The summed E-state index contributed by atoms with van der Waals surface area (Å²) in [5, 5.41) is 20.5. The highest BCUT2D eigenvalue weighted by atomic mass is 16.5. The molecule has 1 unspecified atom stereocenters. The zero-order chi connectivity index (χ0) is 26.5. The summed E-state index contributed by atoms with van der Waals surface area (Å²) in [5.74, 6) is -0.381. The molecule has 1 N–H and O–H groups in total. The molecule has 4 rings (SSSR count). The van der Waals surface area contributed by atoms with Gasteiger partial charge < -0.3 is 19.3 Å². The average Bonchev–Trinajstić information content (AvgIpc) is 3.19. The number of anilines is 1. The maximum Gasteiger partial charge on any atom is 0.300 e.